The SMILES string of the molecule is Cc1cc(C(F)(F)F)c(C#N)cc1Cl. The molecular formula is C9H5ClF3N. The lowest BCUT2D eigenvalue weighted by Gasteiger charge is -2.10. The first-order valence-corrected chi connectivity index (χ1v) is 4.01. The summed E-state index contributed by atoms with van der Waals surface area (Å²) in [7, 11) is 0. The predicted molar refractivity (Wildman–Crippen MR) is 45.9 cm³/mol. The molecule has 0 aromatic heterocycles. The van der Waals surface area contributed by atoms with Gasteiger partial charge in [-0.25, -0.2) is 0 Å². The van der Waals surface area contributed by atoms with Gasteiger partial charge >= 0.3 is 6.18 Å². The van der Waals surface area contributed by atoms with E-state index in [1.54, 1.807) is 0 Å². The molecule has 0 saturated heterocycles. The minimum Gasteiger partial charge on any atom is -0.192 e. The number of nitriles is 1. The van der Waals surface area contributed by atoms with Gasteiger partial charge in [-0.05, 0) is 24.6 Å². The fraction of sp³-hybridized carbons (Fsp3) is 0.222. The Morgan fingerprint density at radius 2 is 1.93 bits per heavy atom. The van der Waals surface area contributed by atoms with E-state index < -0.39 is 17.3 Å². The van der Waals surface area contributed by atoms with Gasteiger partial charge in [-0.15, -0.1) is 0 Å². The van der Waals surface area contributed by atoms with Crippen molar-refractivity contribution in [2.24, 2.45) is 0 Å². The van der Waals surface area contributed by atoms with Gasteiger partial charge < -0.3 is 0 Å². The molecule has 1 aromatic rings. The summed E-state index contributed by atoms with van der Waals surface area (Å²) in [5.74, 6) is 0. The number of benzene rings is 1. The number of alkyl halides is 3. The van der Waals surface area contributed by atoms with Crippen LogP contribution in [-0.2, 0) is 6.18 Å². The molecule has 1 rings (SSSR count). The van der Waals surface area contributed by atoms with Gasteiger partial charge in [-0.3, -0.25) is 0 Å². The Hall–Kier alpha value is -1.21. The van der Waals surface area contributed by atoms with Gasteiger partial charge in [-0.1, -0.05) is 11.6 Å². The van der Waals surface area contributed by atoms with Crippen molar-refractivity contribution in [2.45, 2.75) is 13.1 Å². The topological polar surface area (TPSA) is 23.8 Å². The highest BCUT2D eigenvalue weighted by Crippen LogP contribution is 2.34. The molecule has 0 amide bonds. The fourth-order valence-corrected chi connectivity index (χ4v) is 1.17. The monoisotopic (exact) mass is 219 g/mol. The Bertz CT molecular complexity index is 404. The summed E-state index contributed by atoms with van der Waals surface area (Å²) in [6.45, 7) is 1.46. The lowest BCUT2D eigenvalue weighted by Crippen LogP contribution is -2.08. The molecule has 0 unspecified atom stereocenters. The summed E-state index contributed by atoms with van der Waals surface area (Å²) in [6.07, 6.45) is -4.51. The zero-order valence-electron chi connectivity index (χ0n) is 7.11. The van der Waals surface area contributed by atoms with Crippen LogP contribution in [0.3, 0.4) is 0 Å². The van der Waals surface area contributed by atoms with Gasteiger partial charge in [-0.2, -0.15) is 18.4 Å². The minimum absolute atomic E-state index is 0.162. The molecule has 1 aromatic carbocycles. The van der Waals surface area contributed by atoms with Crippen molar-refractivity contribution in [3.8, 4) is 6.07 Å². The molecule has 0 radical (unpaired) electrons. The quantitative estimate of drug-likeness (QED) is 0.655. The highest BCUT2D eigenvalue weighted by atomic mass is 35.5. The van der Waals surface area contributed by atoms with Crippen LogP contribution in [0.5, 0.6) is 0 Å². The van der Waals surface area contributed by atoms with Gasteiger partial charge in [0.15, 0.2) is 0 Å². The second kappa shape index (κ2) is 3.50. The molecule has 0 aliphatic carbocycles. The molecule has 0 aliphatic heterocycles. The summed E-state index contributed by atoms with van der Waals surface area (Å²) >= 11 is 5.60. The molecule has 0 spiro atoms. The highest BCUT2D eigenvalue weighted by Gasteiger charge is 2.34. The highest BCUT2D eigenvalue weighted by molar-refractivity contribution is 6.31. The molecule has 0 saturated carbocycles. The number of rotatable bonds is 0. The fourth-order valence-electron chi connectivity index (χ4n) is 1.01. The third-order valence-electron chi connectivity index (χ3n) is 1.72. The van der Waals surface area contributed by atoms with Crippen molar-refractivity contribution in [3.63, 3.8) is 0 Å². The first-order valence-electron chi connectivity index (χ1n) is 3.63. The van der Waals surface area contributed by atoms with Crippen molar-refractivity contribution >= 4 is 11.6 Å². The number of aryl methyl sites for hydroxylation is 1. The third-order valence-corrected chi connectivity index (χ3v) is 2.13. The Labute approximate surface area is 83.7 Å². The van der Waals surface area contributed by atoms with E-state index in [0.717, 1.165) is 12.1 Å². The summed E-state index contributed by atoms with van der Waals surface area (Å²) in [6, 6.07) is 3.37. The summed E-state index contributed by atoms with van der Waals surface area (Å²) in [5, 5.41) is 8.65. The van der Waals surface area contributed by atoms with Crippen molar-refractivity contribution in [1.29, 1.82) is 5.26 Å². The maximum Gasteiger partial charge on any atom is 0.417 e. The summed E-state index contributed by atoms with van der Waals surface area (Å²) in [4.78, 5) is 0. The van der Waals surface area contributed by atoms with Gasteiger partial charge in [0.1, 0.15) is 0 Å². The Balaban J connectivity index is 3.45. The van der Waals surface area contributed by atoms with Crippen molar-refractivity contribution in [1.82, 2.24) is 0 Å². The normalized spacial score (nSPS) is 11.1. The Morgan fingerprint density at radius 3 is 2.36 bits per heavy atom. The van der Waals surface area contributed by atoms with Gasteiger partial charge in [0.25, 0.3) is 0 Å². The lowest BCUT2D eigenvalue weighted by atomic mass is 10.1. The average Bonchev–Trinajstić information content (AvgIpc) is 2.07. The molecule has 74 valence electrons. The largest absolute Gasteiger partial charge is 0.417 e. The van der Waals surface area contributed by atoms with Crippen LogP contribution < -0.4 is 0 Å². The van der Waals surface area contributed by atoms with E-state index in [0.29, 0.717) is 5.56 Å². The van der Waals surface area contributed by atoms with E-state index >= 15 is 0 Å². The van der Waals surface area contributed by atoms with Crippen LogP contribution in [0.1, 0.15) is 16.7 Å². The minimum atomic E-state index is -4.51. The maximum atomic E-state index is 12.4. The van der Waals surface area contributed by atoms with Crippen LogP contribution in [0, 0.1) is 18.3 Å². The van der Waals surface area contributed by atoms with Gasteiger partial charge in [0.05, 0.1) is 17.2 Å². The predicted octanol–water partition coefficient (Wildman–Crippen LogP) is 3.54. The zero-order chi connectivity index (χ0) is 10.9. The maximum absolute atomic E-state index is 12.4. The van der Waals surface area contributed by atoms with Crippen molar-refractivity contribution in [3.05, 3.63) is 33.8 Å². The summed E-state index contributed by atoms with van der Waals surface area (Å²) < 4.78 is 37.1. The van der Waals surface area contributed by atoms with Crippen LogP contribution in [0.15, 0.2) is 12.1 Å². The molecule has 14 heavy (non-hydrogen) atoms. The standard InChI is InChI=1S/C9H5ClF3N/c1-5-2-7(9(11,12)13)6(4-14)3-8(5)10/h2-3H,1H3. The first-order chi connectivity index (χ1) is 6.36. The van der Waals surface area contributed by atoms with Crippen LogP contribution in [0.4, 0.5) is 13.2 Å². The molecule has 0 N–H and O–H groups in total. The zero-order valence-corrected chi connectivity index (χ0v) is 7.87. The number of hydrogen-bond acceptors (Lipinski definition) is 1. The van der Waals surface area contributed by atoms with Crippen LogP contribution in [0.2, 0.25) is 5.02 Å². The van der Waals surface area contributed by atoms with E-state index in [9.17, 15) is 13.2 Å². The third kappa shape index (κ3) is 1.99. The second-order valence-corrected chi connectivity index (χ2v) is 3.16. The van der Waals surface area contributed by atoms with Crippen molar-refractivity contribution < 1.29 is 13.2 Å². The molecule has 0 bridgehead atoms. The molecule has 0 heterocycles. The van der Waals surface area contributed by atoms with Crippen LogP contribution in [0.25, 0.3) is 0 Å². The molecular weight excluding hydrogens is 215 g/mol. The number of halogens is 4. The lowest BCUT2D eigenvalue weighted by molar-refractivity contribution is -0.137. The smallest absolute Gasteiger partial charge is 0.192 e. The van der Waals surface area contributed by atoms with E-state index in [1.807, 2.05) is 0 Å². The first kappa shape index (κ1) is 10.9. The Kier molecular flexibility index (Phi) is 2.72. The molecule has 0 fully saturated rings. The molecule has 0 aliphatic rings. The van der Waals surface area contributed by atoms with Gasteiger partial charge in [0, 0.05) is 5.02 Å². The molecule has 5 heteroatoms. The second-order valence-electron chi connectivity index (χ2n) is 2.76. The average molecular weight is 220 g/mol. The van der Waals surface area contributed by atoms with E-state index in [-0.39, 0.29) is 5.02 Å². The van der Waals surface area contributed by atoms with E-state index in [2.05, 4.69) is 0 Å². The Morgan fingerprint density at radius 1 is 1.36 bits per heavy atom. The summed E-state index contributed by atoms with van der Waals surface area (Å²) in [5.41, 5.74) is -1.09. The van der Waals surface area contributed by atoms with Gasteiger partial charge in [0.2, 0.25) is 0 Å². The van der Waals surface area contributed by atoms with Crippen LogP contribution in [-0.4, -0.2) is 0 Å². The number of nitrogens with zero attached hydrogens (tertiary/aromatic N) is 1. The molecule has 0 atom stereocenters. The van der Waals surface area contributed by atoms with Crippen LogP contribution >= 0.6 is 11.6 Å². The van der Waals surface area contributed by atoms with Crippen molar-refractivity contribution in [2.75, 3.05) is 0 Å². The van der Waals surface area contributed by atoms with E-state index in [4.69, 9.17) is 16.9 Å². The van der Waals surface area contributed by atoms with E-state index in [1.165, 1.54) is 13.0 Å². The number of hydrogen-bond donors (Lipinski definition) is 0. The molecule has 1 nitrogen and oxygen atoms in total.